The lowest BCUT2D eigenvalue weighted by atomic mass is 9.81. The molecule has 0 spiro atoms. The summed E-state index contributed by atoms with van der Waals surface area (Å²) < 4.78 is 5.45. The van der Waals surface area contributed by atoms with Crippen LogP contribution < -0.4 is 0 Å². The molecule has 2 fully saturated rings. The van der Waals surface area contributed by atoms with E-state index >= 15 is 0 Å². The van der Waals surface area contributed by atoms with Gasteiger partial charge >= 0.3 is 5.97 Å². The number of carboxylic acids is 1. The molecule has 0 radical (unpaired) electrons. The van der Waals surface area contributed by atoms with E-state index in [2.05, 4.69) is 0 Å². The zero-order valence-electron chi connectivity index (χ0n) is 13.2. The largest absolute Gasteiger partial charge is 0.481 e. The van der Waals surface area contributed by atoms with E-state index in [0.29, 0.717) is 32.7 Å². The summed E-state index contributed by atoms with van der Waals surface area (Å²) in [4.78, 5) is 26.1. The second-order valence-corrected chi connectivity index (χ2v) is 6.78. The third-order valence-electron chi connectivity index (χ3n) is 5.22. The summed E-state index contributed by atoms with van der Waals surface area (Å²) in [6.45, 7) is 5.90. The number of nitrogens with zero attached hydrogens (tertiary/aromatic N) is 1. The Balaban J connectivity index is 2.04. The van der Waals surface area contributed by atoms with Crippen LogP contribution in [-0.2, 0) is 14.3 Å². The highest BCUT2D eigenvalue weighted by molar-refractivity contribution is 5.85. The summed E-state index contributed by atoms with van der Waals surface area (Å²) in [5.41, 5.74) is -1.09. The van der Waals surface area contributed by atoms with Gasteiger partial charge in [0.15, 0.2) is 0 Å². The molecular formula is C16H27NO4. The molecule has 2 rings (SSSR count). The van der Waals surface area contributed by atoms with Crippen molar-refractivity contribution < 1.29 is 19.4 Å². The Morgan fingerprint density at radius 1 is 1.24 bits per heavy atom. The maximum Gasteiger partial charge on any atom is 0.311 e. The fraction of sp³-hybridized carbons (Fsp3) is 0.875. The molecule has 21 heavy (non-hydrogen) atoms. The summed E-state index contributed by atoms with van der Waals surface area (Å²) in [5.74, 6) is -0.641. The molecule has 0 aromatic heterocycles. The molecule has 120 valence electrons. The Kier molecular flexibility index (Phi) is 4.91. The summed E-state index contributed by atoms with van der Waals surface area (Å²) in [6.07, 6.45) is 5.32. The second kappa shape index (κ2) is 6.34. The topological polar surface area (TPSA) is 66.8 Å². The van der Waals surface area contributed by atoms with Gasteiger partial charge in [0.25, 0.3) is 0 Å². The zero-order chi connectivity index (χ0) is 15.5. The van der Waals surface area contributed by atoms with Gasteiger partial charge in [0.05, 0.1) is 10.8 Å². The smallest absolute Gasteiger partial charge is 0.311 e. The summed E-state index contributed by atoms with van der Waals surface area (Å²) >= 11 is 0. The van der Waals surface area contributed by atoms with Gasteiger partial charge in [-0.25, -0.2) is 0 Å². The van der Waals surface area contributed by atoms with Gasteiger partial charge in [0.1, 0.15) is 0 Å². The minimum Gasteiger partial charge on any atom is -0.481 e. The first-order valence-electron chi connectivity index (χ1n) is 8.04. The molecule has 0 unspecified atom stereocenters. The number of hydrogen-bond donors (Lipinski definition) is 1. The fourth-order valence-electron chi connectivity index (χ4n) is 3.68. The molecular weight excluding hydrogens is 270 g/mol. The van der Waals surface area contributed by atoms with Crippen LogP contribution in [0.5, 0.6) is 0 Å². The quantitative estimate of drug-likeness (QED) is 0.764. The average Bonchev–Trinajstić information content (AvgIpc) is 3.07. The van der Waals surface area contributed by atoms with Crippen LogP contribution in [0, 0.1) is 10.8 Å². The normalized spacial score (nSPS) is 28.0. The van der Waals surface area contributed by atoms with Gasteiger partial charge < -0.3 is 14.7 Å². The van der Waals surface area contributed by atoms with Crippen molar-refractivity contribution in [2.45, 2.75) is 52.4 Å². The summed E-state index contributed by atoms with van der Waals surface area (Å²) in [7, 11) is 0. The Bertz CT molecular complexity index is 403. The van der Waals surface area contributed by atoms with Crippen LogP contribution >= 0.6 is 0 Å². The molecule has 0 aromatic rings. The van der Waals surface area contributed by atoms with Gasteiger partial charge in [0.2, 0.25) is 5.91 Å². The van der Waals surface area contributed by atoms with Crippen LogP contribution in [0.3, 0.4) is 0 Å². The van der Waals surface area contributed by atoms with Crippen molar-refractivity contribution in [3.8, 4) is 0 Å². The predicted molar refractivity (Wildman–Crippen MR) is 79.0 cm³/mol. The van der Waals surface area contributed by atoms with Crippen molar-refractivity contribution in [3.63, 3.8) is 0 Å². The molecule has 1 saturated heterocycles. The number of aliphatic carboxylic acids is 1. The lowest BCUT2D eigenvalue weighted by molar-refractivity contribution is -0.148. The van der Waals surface area contributed by atoms with Crippen LogP contribution in [-0.4, -0.2) is 48.2 Å². The summed E-state index contributed by atoms with van der Waals surface area (Å²) in [6, 6.07) is 0. The maximum absolute atomic E-state index is 13.0. The van der Waals surface area contributed by atoms with E-state index in [4.69, 9.17) is 4.74 Å². The average molecular weight is 297 g/mol. The number of amides is 1. The van der Waals surface area contributed by atoms with Crippen molar-refractivity contribution >= 4 is 11.9 Å². The van der Waals surface area contributed by atoms with Gasteiger partial charge in [-0.3, -0.25) is 9.59 Å². The van der Waals surface area contributed by atoms with Crippen molar-refractivity contribution in [3.05, 3.63) is 0 Å². The minimum absolute atomic E-state index is 0.157. The number of carboxylic acid groups (broad SMARTS) is 1. The number of carbonyl (C=O) groups excluding carboxylic acids is 1. The number of likely N-dealkylation sites (tertiary alicyclic amines) is 1. The van der Waals surface area contributed by atoms with E-state index in [1.54, 1.807) is 11.8 Å². The van der Waals surface area contributed by atoms with E-state index in [1.807, 2.05) is 6.92 Å². The zero-order valence-corrected chi connectivity index (χ0v) is 13.2. The number of rotatable bonds is 6. The number of ether oxygens (including phenoxy) is 1. The minimum atomic E-state index is -0.799. The van der Waals surface area contributed by atoms with E-state index in [-0.39, 0.29) is 11.3 Å². The molecule has 1 saturated carbocycles. The maximum atomic E-state index is 13.0. The molecule has 0 bridgehead atoms. The van der Waals surface area contributed by atoms with Gasteiger partial charge in [-0.05, 0) is 39.5 Å². The Morgan fingerprint density at radius 3 is 2.43 bits per heavy atom. The second-order valence-electron chi connectivity index (χ2n) is 6.78. The molecule has 1 aliphatic heterocycles. The lowest BCUT2D eigenvalue weighted by Crippen LogP contribution is -2.43. The van der Waals surface area contributed by atoms with Gasteiger partial charge in [-0.2, -0.15) is 0 Å². The highest BCUT2D eigenvalue weighted by Gasteiger charge is 2.48. The molecule has 1 aliphatic carbocycles. The fourth-order valence-corrected chi connectivity index (χ4v) is 3.68. The van der Waals surface area contributed by atoms with Crippen LogP contribution in [0.4, 0.5) is 0 Å². The Labute approximate surface area is 126 Å². The Hall–Kier alpha value is -1.10. The van der Waals surface area contributed by atoms with E-state index in [9.17, 15) is 14.7 Å². The van der Waals surface area contributed by atoms with Crippen molar-refractivity contribution in [2.24, 2.45) is 10.8 Å². The van der Waals surface area contributed by atoms with E-state index in [1.165, 1.54) is 0 Å². The molecule has 1 amide bonds. The number of carbonyl (C=O) groups is 2. The first kappa shape index (κ1) is 16.3. The Morgan fingerprint density at radius 2 is 1.90 bits per heavy atom. The predicted octanol–water partition coefficient (Wildman–Crippen LogP) is 2.30. The van der Waals surface area contributed by atoms with Crippen LogP contribution in [0.2, 0.25) is 0 Å². The standard InChI is InChI=1S/C16H27NO4/c1-3-21-11-9-16(6-4-5-7-16)13(18)17-10-8-15(2,12-17)14(19)20/h3-12H2,1-2H3,(H,19,20)/t15-/m1/s1. The van der Waals surface area contributed by atoms with Gasteiger partial charge in [0, 0.05) is 26.3 Å². The summed E-state index contributed by atoms with van der Waals surface area (Å²) in [5, 5.41) is 9.32. The third kappa shape index (κ3) is 3.23. The highest BCUT2D eigenvalue weighted by atomic mass is 16.5. The molecule has 2 aliphatic rings. The van der Waals surface area contributed by atoms with Crippen LogP contribution in [0.15, 0.2) is 0 Å². The number of hydrogen-bond acceptors (Lipinski definition) is 3. The molecule has 5 heteroatoms. The van der Waals surface area contributed by atoms with E-state index < -0.39 is 11.4 Å². The van der Waals surface area contributed by atoms with Gasteiger partial charge in [-0.15, -0.1) is 0 Å². The van der Waals surface area contributed by atoms with Crippen molar-refractivity contribution in [2.75, 3.05) is 26.3 Å². The molecule has 1 heterocycles. The van der Waals surface area contributed by atoms with Crippen LogP contribution in [0.25, 0.3) is 0 Å². The molecule has 1 N–H and O–H groups in total. The van der Waals surface area contributed by atoms with Gasteiger partial charge in [-0.1, -0.05) is 12.8 Å². The molecule has 5 nitrogen and oxygen atoms in total. The first-order valence-corrected chi connectivity index (χ1v) is 8.04. The SMILES string of the molecule is CCOCCC1(C(=O)N2CC[C@@](C)(C(=O)O)C2)CCCC1. The van der Waals surface area contributed by atoms with Crippen molar-refractivity contribution in [1.82, 2.24) is 4.90 Å². The lowest BCUT2D eigenvalue weighted by Gasteiger charge is -2.33. The molecule has 1 atom stereocenters. The van der Waals surface area contributed by atoms with Crippen molar-refractivity contribution in [1.29, 1.82) is 0 Å². The van der Waals surface area contributed by atoms with Crippen LogP contribution in [0.1, 0.15) is 52.4 Å². The van der Waals surface area contributed by atoms with E-state index in [0.717, 1.165) is 32.1 Å². The third-order valence-corrected chi connectivity index (χ3v) is 5.22. The highest BCUT2D eigenvalue weighted by Crippen LogP contribution is 2.44. The monoisotopic (exact) mass is 297 g/mol. The molecule has 0 aromatic carbocycles. The first-order chi connectivity index (χ1) is 9.93.